The largest absolute Gasteiger partial charge is 0.356 e. The second-order valence-corrected chi connectivity index (χ2v) is 6.51. The third-order valence-electron chi connectivity index (χ3n) is 3.00. The number of rotatable bonds is 7. The van der Waals surface area contributed by atoms with Gasteiger partial charge in [-0.2, -0.15) is 0 Å². The Hall–Kier alpha value is -1.40. The zero-order valence-electron chi connectivity index (χ0n) is 12.2. The van der Waals surface area contributed by atoms with Crippen LogP contribution in [-0.2, 0) is 14.8 Å². The summed E-state index contributed by atoms with van der Waals surface area (Å²) in [5.41, 5.74) is 1.97. The summed E-state index contributed by atoms with van der Waals surface area (Å²) in [5.74, 6) is -0.144. The summed E-state index contributed by atoms with van der Waals surface area (Å²) >= 11 is 0. The molecule has 20 heavy (non-hydrogen) atoms. The number of carbonyl (C=O) groups excluding carboxylic acids is 1. The van der Waals surface area contributed by atoms with Crippen molar-refractivity contribution in [2.75, 3.05) is 13.1 Å². The molecule has 1 amide bonds. The van der Waals surface area contributed by atoms with Crippen LogP contribution in [0.5, 0.6) is 0 Å². The molecule has 0 atom stereocenters. The number of hydrogen-bond donors (Lipinski definition) is 2. The third kappa shape index (κ3) is 4.94. The van der Waals surface area contributed by atoms with Crippen LogP contribution in [0.15, 0.2) is 23.1 Å². The molecule has 0 aliphatic rings. The zero-order chi connectivity index (χ0) is 15.2. The molecule has 5 nitrogen and oxygen atoms in total. The molecule has 1 aromatic rings. The van der Waals surface area contributed by atoms with Crippen LogP contribution < -0.4 is 10.0 Å². The fraction of sp³-hybridized carbons (Fsp3) is 0.500. The van der Waals surface area contributed by atoms with Crippen LogP contribution in [-0.4, -0.2) is 27.4 Å². The Morgan fingerprint density at radius 2 is 1.85 bits per heavy atom. The van der Waals surface area contributed by atoms with Crippen molar-refractivity contribution >= 4 is 15.9 Å². The van der Waals surface area contributed by atoms with E-state index < -0.39 is 10.0 Å². The van der Waals surface area contributed by atoms with Gasteiger partial charge in [-0.05, 0) is 43.5 Å². The van der Waals surface area contributed by atoms with Gasteiger partial charge in [0.1, 0.15) is 0 Å². The molecule has 0 radical (unpaired) electrons. The van der Waals surface area contributed by atoms with Crippen LogP contribution >= 0.6 is 0 Å². The van der Waals surface area contributed by atoms with E-state index in [9.17, 15) is 13.2 Å². The van der Waals surface area contributed by atoms with Gasteiger partial charge in [-0.25, -0.2) is 13.1 Å². The quantitative estimate of drug-likeness (QED) is 0.801. The summed E-state index contributed by atoms with van der Waals surface area (Å²) in [6, 6.07) is 4.98. The standard InChI is InChI=1S/C14H22N2O3S/c1-4-8-15-14(17)7-9-16-20(18,19)13-6-5-11(2)12(3)10-13/h5-6,10,16H,4,7-9H2,1-3H3,(H,15,17). The molecule has 1 aromatic carbocycles. The molecule has 0 spiro atoms. The van der Waals surface area contributed by atoms with Gasteiger partial charge in [-0.3, -0.25) is 4.79 Å². The Morgan fingerprint density at radius 1 is 1.15 bits per heavy atom. The lowest BCUT2D eigenvalue weighted by molar-refractivity contribution is -0.120. The SMILES string of the molecule is CCCNC(=O)CCNS(=O)(=O)c1ccc(C)c(C)c1. The summed E-state index contributed by atoms with van der Waals surface area (Å²) in [6.45, 7) is 6.47. The lowest BCUT2D eigenvalue weighted by Crippen LogP contribution is -2.31. The molecule has 0 unspecified atom stereocenters. The fourth-order valence-corrected chi connectivity index (χ4v) is 2.73. The summed E-state index contributed by atoms with van der Waals surface area (Å²) < 4.78 is 26.5. The van der Waals surface area contributed by atoms with E-state index in [0.717, 1.165) is 17.5 Å². The van der Waals surface area contributed by atoms with E-state index in [2.05, 4.69) is 10.0 Å². The van der Waals surface area contributed by atoms with E-state index in [4.69, 9.17) is 0 Å². The molecule has 0 aliphatic carbocycles. The highest BCUT2D eigenvalue weighted by Crippen LogP contribution is 2.14. The predicted octanol–water partition coefficient (Wildman–Crippen LogP) is 1.50. The first kappa shape index (κ1) is 16.7. The molecule has 0 saturated carbocycles. The van der Waals surface area contributed by atoms with Crippen molar-refractivity contribution in [3.05, 3.63) is 29.3 Å². The molecule has 6 heteroatoms. The van der Waals surface area contributed by atoms with E-state index in [1.807, 2.05) is 20.8 Å². The average Bonchev–Trinajstić information content (AvgIpc) is 2.39. The smallest absolute Gasteiger partial charge is 0.240 e. The monoisotopic (exact) mass is 298 g/mol. The second-order valence-electron chi connectivity index (χ2n) is 4.74. The van der Waals surface area contributed by atoms with E-state index in [0.29, 0.717) is 6.54 Å². The summed E-state index contributed by atoms with van der Waals surface area (Å²) in [5, 5.41) is 2.70. The first-order valence-corrected chi connectivity index (χ1v) is 8.18. The minimum Gasteiger partial charge on any atom is -0.356 e. The van der Waals surface area contributed by atoms with Crippen molar-refractivity contribution in [2.24, 2.45) is 0 Å². The van der Waals surface area contributed by atoms with Crippen molar-refractivity contribution in [2.45, 2.75) is 38.5 Å². The molecule has 0 aliphatic heterocycles. The van der Waals surface area contributed by atoms with Gasteiger partial charge in [0.15, 0.2) is 0 Å². The number of hydrogen-bond acceptors (Lipinski definition) is 3. The van der Waals surface area contributed by atoms with Gasteiger partial charge in [0, 0.05) is 19.5 Å². The highest BCUT2D eigenvalue weighted by Gasteiger charge is 2.14. The molecule has 2 N–H and O–H groups in total. The van der Waals surface area contributed by atoms with E-state index >= 15 is 0 Å². The van der Waals surface area contributed by atoms with Crippen LogP contribution in [0.4, 0.5) is 0 Å². The van der Waals surface area contributed by atoms with Gasteiger partial charge >= 0.3 is 0 Å². The normalized spacial score (nSPS) is 11.3. The minimum absolute atomic E-state index is 0.102. The van der Waals surface area contributed by atoms with Crippen molar-refractivity contribution in [3.63, 3.8) is 0 Å². The summed E-state index contributed by atoms with van der Waals surface area (Å²) in [4.78, 5) is 11.6. The Balaban J connectivity index is 2.57. The maximum atomic E-state index is 12.0. The van der Waals surface area contributed by atoms with Crippen molar-refractivity contribution in [1.29, 1.82) is 0 Å². The Labute approximate surface area is 120 Å². The lowest BCUT2D eigenvalue weighted by Gasteiger charge is -2.09. The number of aryl methyl sites for hydroxylation is 2. The predicted molar refractivity (Wildman–Crippen MR) is 79.0 cm³/mol. The zero-order valence-corrected chi connectivity index (χ0v) is 13.0. The number of benzene rings is 1. The van der Waals surface area contributed by atoms with Gasteiger partial charge in [-0.15, -0.1) is 0 Å². The Bertz CT molecular complexity index is 568. The molecule has 1 rings (SSSR count). The summed E-state index contributed by atoms with van der Waals surface area (Å²) in [7, 11) is -3.55. The van der Waals surface area contributed by atoms with Gasteiger partial charge in [-0.1, -0.05) is 13.0 Å². The first-order valence-electron chi connectivity index (χ1n) is 6.70. The van der Waals surface area contributed by atoms with E-state index in [1.165, 1.54) is 0 Å². The van der Waals surface area contributed by atoms with Gasteiger partial charge in [0.2, 0.25) is 15.9 Å². The highest BCUT2D eigenvalue weighted by atomic mass is 32.2. The fourth-order valence-electron chi connectivity index (χ4n) is 1.62. The number of nitrogens with one attached hydrogen (secondary N) is 2. The molecule has 0 fully saturated rings. The minimum atomic E-state index is -3.55. The van der Waals surface area contributed by atoms with Crippen LogP contribution in [0.1, 0.15) is 30.9 Å². The molecule has 0 saturated heterocycles. The molecular formula is C14H22N2O3S. The Kier molecular flexibility index (Phi) is 6.16. The molecule has 0 heterocycles. The molecule has 112 valence electrons. The third-order valence-corrected chi connectivity index (χ3v) is 4.46. The first-order chi connectivity index (χ1) is 9.36. The van der Waals surface area contributed by atoms with E-state index in [-0.39, 0.29) is 23.8 Å². The maximum absolute atomic E-state index is 12.0. The average molecular weight is 298 g/mol. The highest BCUT2D eigenvalue weighted by molar-refractivity contribution is 7.89. The number of carbonyl (C=O) groups is 1. The Morgan fingerprint density at radius 3 is 2.45 bits per heavy atom. The maximum Gasteiger partial charge on any atom is 0.240 e. The van der Waals surface area contributed by atoms with Crippen molar-refractivity contribution in [1.82, 2.24) is 10.0 Å². The second kappa shape index (κ2) is 7.40. The van der Waals surface area contributed by atoms with Gasteiger partial charge in [0.05, 0.1) is 4.90 Å². The molecule has 0 bridgehead atoms. The number of amides is 1. The van der Waals surface area contributed by atoms with Crippen LogP contribution in [0.2, 0.25) is 0 Å². The molecular weight excluding hydrogens is 276 g/mol. The van der Waals surface area contributed by atoms with Crippen LogP contribution in [0, 0.1) is 13.8 Å². The lowest BCUT2D eigenvalue weighted by atomic mass is 10.1. The molecule has 0 aromatic heterocycles. The van der Waals surface area contributed by atoms with Gasteiger partial charge in [0.25, 0.3) is 0 Å². The van der Waals surface area contributed by atoms with Crippen molar-refractivity contribution < 1.29 is 13.2 Å². The van der Waals surface area contributed by atoms with Crippen LogP contribution in [0.25, 0.3) is 0 Å². The topological polar surface area (TPSA) is 75.3 Å². The summed E-state index contributed by atoms with van der Waals surface area (Å²) in [6.07, 6.45) is 1.00. The van der Waals surface area contributed by atoms with E-state index in [1.54, 1.807) is 18.2 Å². The van der Waals surface area contributed by atoms with Crippen molar-refractivity contribution in [3.8, 4) is 0 Å². The van der Waals surface area contributed by atoms with Crippen LogP contribution in [0.3, 0.4) is 0 Å². The number of sulfonamides is 1. The van der Waals surface area contributed by atoms with Gasteiger partial charge < -0.3 is 5.32 Å².